The Bertz CT molecular complexity index is 676. The van der Waals surface area contributed by atoms with E-state index >= 15 is 0 Å². The number of rotatable bonds is 4. The van der Waals surface area contributed by atoms with Crippen LogP contribution in [-0.2, 0) is 11.2 Å². The molecule has 4 rings (SSSR count). The molecule has 5 nitrogen and oxygen atoms in total. The molecule has 0 N–H and O–H groups in total. The molecule has 1 aliphatic heterocycles. The number of amides is 1. The molecule has 0 bridgehead atoms. The molecule has 0 radical (unpaired) electrons. The van der Waals surface area contributed by atoms with E-state index in [1.54, 1.807) is 6.26 Å². The Morgan fingerprint density at radius 1 is 1.48 bits per heavy atom. The number of aromatic nitrogens is 2. The molecule has 1 saturated carbocycles. The SMILES string of the molecule is CCc1nccn1[C@@H]1CCCN(C(=O)[C@@H]2C[C@H]2c2ccco2)C1. The number of imidazole rings is 1. The minimum absolute atomic E-state index is 0.119. The average Bonchev–Trinajstić information content (AvgIpc) is 3.03. The fraction of sp³-hybridized carbons (Fsp3) is 0.556. The van der Waals surface area contributed by atoms with Crippen LogP contribution < -0.4 is 0 Å². The van der Waals surface area contributed by atoms with E-state index < -0.39 is 0 Å². The summed E-state index contributed by atoms with van der Waals surface area (Å²) >= 11 is 0. The van der Waals surface area contributed by atoms with Crippen LogP contribution >= 0.6 is 0 Å². The van der Waals surface area contributed by atoms with Gasteiger partial charge in [-0.3, -0.25) is 4.79 Å². The van der Waals surface area contributed by atoms with Gasteiger partial charge in [0.05, 0.1) is 12.3 Å². The zero-order valence-electron chi connectivity index (χ0n) is 13.5. The first kappa shape index (κ1) is 14.5. The maximum absolute atomic E-state index is 12.8. The lowest BCUT2D eigenvalue weighted by atomic mass is 10.0. The molecule has 23 heavy (non-hydrogen) atoms. The van der Waals surface area contributed by atoms with E-state index in [9.17, 15) is 4.79 Å². The summed E-state index contributed by atoms with van der Waals surface area (Å²) in [5.74, 6) is 2.78. The number of carbonyl (C=O) groups excluding carboxylic acids is 1. The molecule has 3 heterocycles. The molecule has 3 atom stereocenters. The highest BCUT2D eigenvalue weighted by Gasteiger charge is 2.48. The highest BCUT2D eigenvalue weighted by atomic mass is 16.3. The van der Waals surface area contributed by atoms with Crippen LogP contribution in [0.3, 0.4) is 0 Å². The number of likely N-dealkylation sites (tertiary alicyclic amines) is 1. The van der Waals surface area contributed by atoms with Gasteiger partial charge in [-0.05, 0) is 31.4 Å². The Labute approximate surface area is 136 Å². The number of aryl methyl sites for hydroxylation is 1. The van der Waals surface area contributed by atoms with Gasteiger partial charge in [-0.25, -0.2) is 4.98 Å². The molecule has 122 valence electrons. The largest absolute Gasteiger partial charge is 0.469 e. The minimum Gasteiger partial charge on any atom is -0.469 e. The van der Waals surface area contributed by atoms with Crippen molar-refractivity contribution in [2.24, 2.45) is 5.92 Å². The number of carbonyl (C=O) groups is 1. The van der Waals surface area contributed by atoms with Crippen LogP contribution in [-0.4, -0.2) is 33.4 Å². The molecule has 1 aliphatic carbocycles. The summed E-state index contributed by atoms with van der Waals surface area (Å²) in [6, 6.07) is 4.25. The van der Waals surface area contributed by atoms with E-state index in [0.717, 1.165) is 50.4 Å². The third kappa shape index (κ3) is 2.69. The van der Waals surface area contributed by atoms with E-state index in [-0.39, 0.29) is 11.8 Å². The van der Waals surface area contributed by atoms with E-state index in [4.69, 9.17) is 4.42 Å². The van der Waals surface area contributed by atoms with E-state index in [1.165, 1.54) is 0 Å². The molecule has 2 fully saturated rings. The highest BCUT2D eigenvalue weighted by Crippen LogP contribution is 2.49. The standard InChI is InChI=1S/C18H23N3O2/c1-2-17-19-7-9-21(17)13-5-3-8-20(12-13)18(22)15-11-14(15)16-6-4-10-23-16/h4,6-7,9-10,13-15H,2-3,5,8,11-12H2,1H3/t13-,14-,15-/m1/s1. The van der Waals surface area contributed by atoms with Crippen molar-refractivity contribution in [3.05, 3.63) is 42.4 Å². The first-order chi connectivity index (χ1) is 11.3. The summed E-state index contributed by atoms with van der Waals surface area (Å²) in [6.07, 6.45) is 9.67. The first-order valence-corrected chi connectivity index (χ1v) is 8.61. The molecule has 0 unspecified atom stereocenters. The fourth-order valence-electron chi connectivity index (χ4n) is 3.85. The maximum Gasteiger partial charge on any atom is 0.226 e. The molecule has 0 aromatic carbocycles. The van der Waals surface area contributed by atoms with E-state index in [0.29, 0.717) is 11.9 Å². The number of nitrogens with zero attached hydrogens (tertiary/aromatic N) is 3. The van der Waals surface area contributed by atoms with Crippen molar-refractivity contribution in [1.29, 1.82) is 0 Å². The van der Waals surface area contributed by atoms with Gasteiger partial charge >= 0.3 is 0 Å². The predicted molar refractivity (Wildman–Crippen MR) is 86.0 cm³/mol. The molecule has 2 aromatic rings. The molecule has 1 amide bonds. The monoisotopic (exact) mass is 313 g/mol. The smallest absolute Gasteiger partial charge is 0.226 e. The molecule has 2 aromatic heterocycles. The third-order valence-corrected chi connectivity index (χ3v) is 5.18. The quantitative estimate of drug-likeness (QED) is 0.872. The summed E-state index contributed by atoms with van der Waals surface area (Å²) < 4.78 is 7.71. The fourth-order valence-corrected chi connectivity index (χ4v) is 3.85. The second-order valence-electron chi connectivity index (χ2n) is 6.65. The molecule has 5 heteroatoms. The topological polar surface area (TPSA) is 51.3 Å². The van der Waals surface area contributed by atoms with Gasteiger partial charge in [0.1, 0.15) is 11.6 Å². The average molecular weight is 313 g/mol. The maximum atomic E-state index is 12.8. The van der Waals surface area contributed by atoms with Crippen molar-refractivity contribution in [3.63, 3.8) is 0 Å². The van der Waals surface area contributed by atoms with Crippen LogP contribution in [0.5, 0.6) is 0 Å². The van der Waals surface area contributed by atoms with Crippen LogP contribution in [0.2, 0.25) is 0 Å². The summed E-state index contributed by atoms with van der Waals surface area (Å²) in [5.41, 5.74) is 0. The van der Waals surface area contributed by atoms with Gasteiger partial charge in [-0.2, -0.15) is 0 Å². The Morgan fingerprint density at radius 3 is 3.17 bits per heavy atom. The normalized spacial score (nSPS) is 27.2. The molecular formula is C18H23N3O2. The van der Waals surface area contributed by atoms with Gasteiger partial charge in [0.15, 0.2) is 0 Å². The Hall–Kier alpha value is -2.04. The molecule has 1 saturated heterocycles. The predicted octanol–water partition coefficient (Wildman–Crippen LogP) is 3.01. The number of furan rings is 1. The minimum atomic E-state index is 0.119. The summed E-state index contributed by atoms with van der Waals surface area (Å²) in [4.78, 5) is 19.3. The lowest BCUT2D eigenvalue weighted by Crippen LogP contribution is -2.41. The van der Waals surface area contributed by atoms with Crippen LogP contribution in [0.4, 0.5) is 0 Å². The zero-order valence-corrected chi connectivity index (χ0v) is 13.5. The van der Waals surface area contributed by atoms with Gasteiger partial charge in [0.25, 0.3) is 0 Å². The van der Waals surface area contributed by atoms with E-state index in [2.05, 4.69) is 27.6 Å². The lowest BCUT2D eigenvalue weighted by molar-refractivity contribution is -0.134. The summed E-state index contributed by atoms with van der Waals surface area (Å²) in [5, 5.41) is 0. The van der Waals surface area contributed by atoms with Crippen LogP contribution in [0.15, 0.2) is 35.2 Å². The van der Waals surface area contributed by atoms with Gasteiger partial charge in [-0.15, -0.1) is 0 Å². The van der Waals surface area contributed by atoms with Gasteiger partial charge in [0.2, 0.25) is 5.91 Å². The Morgan fingerprint density at radius 2 is 2.39 bits per heavy atom. The summed E-state index contributed by atoms with van der Waals surface area (Å²) in [7, 11) is 0. The molecule has 0 spiro atoms. The zero-order chi connectivity index (χ0) is 15.8. The van der Waals surface area contributed by atoms with Gasteiger partial charge in [0, 0.05) is 43.7 Å². The van der Waals surface area contributed by atoms with Crippen molar-refractivity contribution in [2.45, 2.75) is 44.6 Å². The summed E-state index contributed by atoms with van der Waals surface area (Å²) in [6.45, 7) is 3.82. The van der Waals surface area contributed by atoms with Crippen molar-refractivity contribution >= 4 is 5.91 Å². The van der Waals surface area contributed by atoms with Gasteiger partial charge < -0.3 is 13.9 Å². The van der Waals surface area contributed by atoms with Gasteiger partial charge in [-0.1, -0.05) is 6.92 Å². The third-order valence-electron chi connectivity index (χ3n) is 5.18. The van der Waals surface area contributed by atoms with Crippen LogP contribution in [0.1, 0.15) is 49.7 Å². The number of hydrogen-bond acceptors (Lipinski definition) is 3. The number of hydrogen-bond donors (Lipinski definition) is 0. The second kappa shape index (κ2) is 5.87. The molecular weight excluding hydrogens is 290 g/mol. The lowest BCUT2D eigenvalue weighted by Gasteiger charge is -2.34. The highest BCUT2D eigenvalue weighted by molar-refractivity contribution is 5.83. The molecule has 2 aliphatic rings. The second-order valence-corrected chi connectivity index (χ2v) is 6.65. The van der Waals surface area contributed by atoms with E-state index in [1.807, 2.05) is 18.3 Å². The van der Waals surface area contributed by atoms with Crippen molar-refractivity contribution in [2.75, 3.05) is 13.1 Å². The number of piperidine rings is 1. The van der Waals surface area contributed by atoms with Crippen molar-refractivity contribution in [1.82, 2.24) is 14.5 Å². The first-order valence-electron chi connectivity index (χ1n) is 8.61. The Balaban J connectivity index is 1.43. The van der Waals surface area contributed by atoms with Crippen molar-refractivity contribution < 1.29 is 9.21 Å². The Kier molecular flexibility index (Phi) is 3.71. The van der Waals surface area contributed by atoms with Crippen LogP contribution in [0.25, 0.3) is 0 Å². The van der Waals surface area contributed by atoms with Crippen molar-refractivity contribution in [3.8, 4) is 0 Å². The van der Waals surface area contributed by atoms with Crippen LogP contribution in [0, 0.1) is 5.92 Å².